The van der Waals surface area contributed by atoms with Gasteiger partial charge in [-0.2, -0.15) is 5.10 Å². The van der Waals surface area contributed by atoms with Crippen LogP contribution in [0.25, 0.3) is 16.7 Å². The van der Waals surface area contributed by atoms with Gasteiger partial charge >= 0.3 is 0 Å². The first kappa shape index (κ1) is 15.8. The van der Waals surface area contributed by atoms with E-state index in [1.54, 1.807) is 4.68 Å². The Morgan fingerprint density at radius 3 is 2.92 bits per heavy atom. The van der Waals surface area contributed by atoms with Crippen LogP contribution in [0.5, 0.6) is 0 Å². The van der Waals surface area contributed by atoms with Gasteiger partial charge in [-0.1, -0.05) is 29.5 Å². The third-order valence-electron chi connectivity index (χ3n) is 3.34. The highest BCUT2D eigenvalue weighted by Crippen LogP contribution is 2.29. The van der Waals surface area contributed by atoms with Crippen molar-refractivity contribution in [3.63, 3.8) is 0 Å². The number of H-pyrrole nitrogens is 1. The lowest BCUT2D eigenvalue weighted by molar-refractivity contribution is 0.872. The molecule has 0 aliphatic heterocycles. The maximum absolute atomic E-state index is 12.3. The zero-order chi connectivity index (χ0) is 17.2. The molecule has 0 spiro atoms. The van der Waals surface area contributed by atoms with Crippen LogP contribution in [-0.4, -0.2) is 36.5 Å². The maximum atomic E-state index is 12.3. The predicted octanol–water partition coefficient (Wildman–Crippen LogP) is 2.54. The summed E-state index contributed by atoms with van der Waals surface area (Å²) in [7, 11) is 0. The van der Waals surface area contributed by atoms with E-state index in [0.717, 1.165) is 17.4 Å². The van der Waals surface area contributed by atoms with Crippen molar-refractivity contribution >= 4 is 39.3 Å². The molecule has 0 bridgehead atoms. The van der Waals surface area contributed by atoms with Crippen LogP contribution in [0.3, 0.4) is 0 Å². The molecule has 3 aromatic heterocycles. The number of hydrogen-bond donors (Lipinski definition) is 2. The number of nitrogens with zero attached hydrogens (tertiary/aromatic N) is 5. The molecule has 4 rings (SSSR count). The minimum atomic E-state index is -0.230. The second kappa shape index (κ2) is 6.65. The van der Waals surface area contributed by atoms with E-state index >= 15 is 0 Å². The Bertz CT molecular complexity index is 1070. The van der Waals surface area contributed by atoms with Crippen molar-refractivity contribution in [2.24, 2.45) is 0 Å². The van der Waals surface area contributed by atoms with Gasteiger partial charge in [0, 0.05) is 6.54 Å². The third kappa shape index (κ3) is 3.13. The van der Waals surface area contributed by atoms with Crippen molar-refractivity contribution in [2.75, 3.05) is 11.9 Å². The Kier molecular flexibility index (Phi) is 4.20. The minimum Gasteiger partial charge on any atom is -0.360 e. The molecule has 10 heteroatoms. The van der Waals surface area contributed by atoms with Crippen LogP contribution in [0.4, 0.5) is 5.13 Å². The minimum absolute atomic E-state index is 0.230. The van der Waals surface area contributed by atoms with Crippen molar-refractivity contribution in [1.29, 1.82) is 0 Å². The fraction of sp³-hybridized carbons (Fsp3) is 0.133. The Labute approximate surface area is 150 Å². The Hall–Kier alpha value is -2.72. The highest BCUT2D eigenvalue weighted by atomic mass is 32.2. The van der Waals surface area contributed by atoms with Gasteiger partial charge in [-0.3, -0.25) is 4.79 Å². The number of anilines is 1. The van der Waals surface area contributed by atoms with Gasteiger partial charge in [0.1, 0.15) is 5.39 Å². The summed E-state index contributed by atoms with van der Waals surface area (Å²) in [5, 5.41) is 17.2. The van der Waals surface area contributed by atoms with Gasteiger partial charge in [0.2, 0.25) is 5.13 Å². The molecule has 0 amide bonds. The van der Waals surface area contributed by atoms with Gasteiger partial charge < -0.3 is 10.3 Å². The summed E-state index contributed by atoms with van der Waals surface area (Å²) >= 11 is 2.68. The van der Waals surface area contributed by atoms with Crippen LogP contribution in [-0.2, 0) is 0 Å². The molecule has 0 fully saturated rings. The van der Waals surface area contributed by atoms with E-state index < -0.39 is 0 Å². The summed E-state index contributed by atoms with van der Waals surface area (Å²) in [6, 6.07) is 9.57. The zero-order valence-corrected chi connectivity index (χ0v) is 14.8. The molecule has 0 unspecified atom stereocenters. The molecular weight excluding hydrogens is 358 g/mol. The van der Waals surface area contributed by atoms with Crippen LogP contribution < -0.4 is 10.9 Å². The molecule has 0 saturated heterocycles. The first-order valence-electron chi connectivity index (χ1n) is 7.53. The molecule has 0 saturated carbocycles. The number of fused-ring (bicyclic) bond motifs is 1. The van der Waals surface area contributed by atoms with Gasteiger partial charge in [-0.25, -0.2) is 9.67 Å². The van der Waals surface area contributed by atoms with Gasteiger partial charge in [-0.05, 0) is 30.8 Å². The Morgan fingerprint density at radius 1 is 1.28 bits per heavy atom. The average molecular weight is 371 g/mol. The summed E-state index contributed by atoms with van der Waals surface area (Å²) < 4.78 is 2.35. The zero-order valence-electron chi connectivity index (χ0n) is 13.1. The van der Waals surface area contributed by atoms with Gasteiger partial charge in [-0.15, -0.1) is 10.2 Å². The monoisotopic (exact) mass is 371 g/mol. The molecule has 8 nitrogen and oxygen atoms in total. The Morgan fingerprint density at radius 2 is 2.12 bits per heavy atom. The second-order valence-electron chi connectivity index (χ2n) is 5.01. The number of aromatic nitrogens is 6. The van der Waals surface area contributed by atoms with E-state index in [2.05, 4.69) is 30.6 Å². The lowest BCUT2D eigenvalue weighted by atomic mass is 10.3. The SMILES string of the molecule is CCNc1nnc(Sc2nc3c(cnn3-c3ccccc3)c(=O)[nH]2)s1. The molecule has 126 valence electrons. The summed E-state index contributed by atoms with van der Waals surface area (Å²) in [6.45, 7) is 2.77. The molecular formula is C15H13N7OS2. The average Bonchev–Trinajstić information content (AvgIpc) is 3.23. The van der Waals surface area contributed by atoms with Gasteiger partial charge in [0.15, 0.2) is 15.1 Å². The van der Waals surface area contributed by atoms with E-state index in [1.807, 2.05) is 37.3 Å². The van der Waals surface area contributed by atoms with Crippen LogP contribution >= 0.6 is 23.1 Å². The van der Waals surface area contributed by atoms with Crippen LogP contribution in [0.2, 0.25) is 0 Å². The smallest absolute Gasteiger partial charge is 0.262 e. The number of hydrogen-bond acceptors (Lipinski definition) is 8. The van der Waals surface area contributed by atoms with Crippen LogP contribution in [0.15, 0.2) is 50.8 Å². The number of benzene rings is 1. The molecule has 1 aromatic carbocycles. The van der Waals surface area contributed by atoms with Crippen molar-refractivity contribution in [3.8, 4) is 5.69 Å². The van der Waals surface area contributed by atoms with E-state index in [-0.39, 0.29) is 5.56 Å². The van der Waals surface area contributed by atoms with Crippen molar-refractivity contribution < 1.29 is 0 Å². The molecule has 0 radical (unpaired) electrons. The predicted molar refractivity (Wildman–Crippen MR) is 97.7 cm³/mol. The van der Waals surface area contributed by atoms with E-state index in [1.165, 1.54) is 29.3 Å². The fourth-order valence-corrected chi connectivity index (χ4v) is 3.97. The first-order chi connectivity index (χ1) is 12.2. The molecule has 2 N–H and O–H groups in total. The fourth-order valence-electron chi connectivity index (χ4n) is 2.26. The van der Waals surface area contributed by atoms with Crippen LogP contribution in [0.1, 0.15) is 6.92 Å². The number of nitrogens with one attached hydrogen (secondary N) is 2. The number of para-hydroxylation sites is 1. The molecule has 25 heavy (non-hydrogen) atoms. The molecule has 0 aliphatic rings. The quantitative estimate of drug-likeness (QED) is 0.520. The third-order valence-corrected chi connectivity index (χ3v) is 5.15. The highest BCUT2D eigenvalue weighted by Gasteiger charge is 2.13. The topological polar surface area (TPSA) is 101 Å². The summed E-state index contributed by atoms with van der Waals surface area (Å²) in [6.07, 6.45) is 1.52. The molecule has 3 heterocycles. The lowest BCUT2D eigenvalue weighted by Crippen LogP contribution is -2.09. The van der Waals surface area contributed by atoms with Crippen molar-refractivity contribution in [3.05, 3.63) is 46.9 Å². The standard InChI is InChI=1S/C15H13N7OS2/c1-2-16-13-20-21-15(24-13)25-14-18-11-10(12(23)19-14)8-17-22(11)9-6-4-3-5-7-9/h3-8H,2H2,1H3,(H,16,20)(H,18,19,23). The van der Waals surface area contributed by atoms with E-state index in [9.17, 15) is 4.79 Å². The lowest BCUT2D eigenvalue weighted by Gasteiger charge is -2.03. The van der Waals surface area contributed by atoms with Crippen LogP contribution in [0, 0.1) is 0 Å². The van der Waals surface area contributed by atoms with E-state index in [4.69, 9.17) is 0 Å². The second-order valence-corrected chi connectivity index (χ2v) is 7.22. The largest absolute Gasteiger partial charge is 0.360 e. The molecule has 0 aliphatic carbocycles. The van der Waals surface area contributed by atoms with Crippen molar-refractivity contribution in [2.45, 2.75) is 16.4 Å². The molecule has 4 aromatic rings. The Balaban J connectivity index is 1.74. The maximum Gasteiger partial charge on any atom is 0.262 e. The first-order valence-corrected chi connectivity index (χ1v) is 9.16. The summed E-state index contributed by atoms with van der Waals surface area (Å²) in [4.78, 5) is 19.7. The normalized spacial score (nSPS) is 11.1. The highest BCUT2D eigenvalue weighted by molar-refractivity contribution is 8.00. The number of aromatic amines is 1. The molecule has 0 atom stereocenters. The van der Waals surface area contributed by atoms with Gasteiger partial charge in [0.25, 0.3) is 5.56 Å². The number of rotatable bonds is 5. The van der Waals surface area contributed by atoms with Crippen molar-refractivity contribution in [1.82, 2.24) is 29.9 Å². The van der Waals surface area contributed by atoms with E-state index in [0.29, 0.717) is 20.5 Å². The summed E-state index contributed by atoms with van der Waals surface area (Å²) in [5.41, 5.74) is 1.12. The summed E-state index contributed by atoms with van der Waals surface area (Å²) in [5.74, 6) is 0. The van der Waals surface area contributed by atoms with Gasteiger partial charge in [0.05, 0.1) is 11.9 Å².